The van der Waals surface area contributed by atoms with Crippen molar-refractivity contribution in [1.82, 2.24) is 4.57 Å². The summed E-state index contributed by atoms with van der Waals surface area (Å²) in [7, 11) is 0. The first kappa shape index (κ1) is 14.4. The van der Waals surface area contributed by atoms with Crippen molar-refractivity contribution in [2.24, 2.45) is 0 Å². The monoisotopic (exact) mass is 318 g/mol. The van der Waals surface area contributed by atoms with Crippen molar-refractivity contribution in [3.05, 3.63) is 92.3 Å². The van der Waals surface area contributed by atoms with E-state index in [0.29, 0.717) is 10.9 Å². The SMILES string of the molecule is O=c1c2c(n(-c3ccccc3)c3ccccc13)C=CC([N+](=O)[O-])C2. The summed E-state index contributed by atoms with van der Waals surface area (Å²) in [5.74, 6) is 0. The average molecular weight is 318 g/mol. The molecule has 0 bridgehead atoms. The van der Waals surface area contributed by atoms with E-state index in [1.807, 2.05) is 53.1 Å². The van der Waals surface area contributed by atoms with E-state index >= 15 is 0 Å². The Kier molecular flexibility index (Phi) is 3.27. The molecule has 3 aromatic rings. The number of benzene rings is 2. The molecule has 1 aliphatic rings. The molecule has 0 fully saturated rings. The maximum atomic E-state index is 12.9. The summed E-state index contributed by atoms with van der Waals surface area (Å²) in [5, 5.41) is 11.7. The predicted molar refractivity (Wildman–Crippen MR) is 93.1 cm³/mol. The van der Waals surface area contributed by atoms with Gasteiger partial charge in [-0.1, -0.05) is 30.3 Å². The van der Waals surface area contributed by atoms with Crippen LogP contribution in [0.1, 0.15) is 11.3 Å². The predicted octanol–water partition coefficient (Wildman–Crippen LogP) is 3.21. The largest absolute Gasteiger partial charge is 0.309 e. The second-order valence-electron chi connectivity index (χ2n) is 5.80. The summed E-state index contributed by atoms with van der Waals surface area (Å²) >= 11 is 0. The van der Waals surface area contributed by atoms with E-state index in [4.69, 9.17) is 0 Å². The molecule has 0 N–H and O–H groups in total. The number of hydrogen-bond acceptors (Lipinski definition) is 3. The first-order valence-electron chi connectivity index (χ1n) is 7.70. The van der Waals surface area contributed by atoms with E-state index < -0.39 is 6.04 Å². The van der Waals surface area contributed by atoms with Crippen molar-refractivity contribution >= 4 is 17.0 Å². The third kappa shape index (κ3) is 2.13. The van der Waals surface area contributed by atoms with E-state index in [-0.39, 0.29) is 16.8 Å². The molecule has 0 saturated carbocycles. The molecule has 0 spiro atoms. The minimum atomic E-state index is -0.851. The van der Waals surface area contributed by atoms with Gasteiger partial charge in [-0.2, -0.15) is 0 Å². The van der Waals surface area contributed by atoms with Crippen LogP contribution in [-0.2, 0) is 6.42 Å². The van der Waals surface area contributed by atoms with Gasteiger partial charge < -0.3 is 4.57 Å². The molecule has 1 heterocycles. The van der Waals surface area contributed by atoms with Gasteiger partial charge in [-0.25, -0.2) is 0 Å². The van der Waals surface area contributed by atoms with Gasteiger partial charge in [0.25, 0.3) is 0 Å². The first-order chi connectivity index (χ1) is 11.7. The smallest absolute Gasteiger partial charge is 0.235 e. The van der Waals surface area contributed by atoms with Crippen molar-refractivity contribution in [3.8, 4) is 5.69 Å². The standard InChI is InChI=1S/C19H14N2O3/c22-19-15-8-4-5-9-17(15)20(13-6-2-1-3-7-13)18-11-10-14(21(23)24)12-16(18)19/h1-11,14H,12H2. The summed E-state index contributed by atoms with van der Waals surface area (Å²) in [6, 6.07) is 16.2. The number of para-hydroxylation sites is 2. The quantitative estimate of drug-likeness (QED) is 0.538. The van der Waals surface area contributed by atoms with Crippen molar-refractivity contribution in [3.63, 3.8) is 0 Å². The van der Waals surface area contributed by atoms with E-state index in [0.717, 1.165) is 16.9 Å². The highest BCUT2D eigenvalue weighted by Crippen LogP contribution is 2.26. The van der Waals surface area contributed by atoms with Crippen LogP contribution < -0.4 is 5.43 Å². The molecular formula is C19H14N2O3. The first-order valence-corrected chi connectivity index (χ1v) is 7.70. The molecule has 118 valence electrons. The van der Waals surface area contributed by atoms with Gasteiger partial charge >= 0.3 is 0 Å². The van der Waals surface area contributed by atoms with Crippen molar-refractivity contribution < 1.29 is 4.92 Å². The van der Waals surface area contributed by atoms with Crippen LogP contribution in [0.5, 0.6) is 0 Å². The fourth-order valence-electron chi connectivity index (χ4n) is 3.26. The molecule has 1 aromatic heterocycles. The molecule has 2 aromatic carbocycles. The van der Waals surface area contributed by atoms with E-state index in [1.165, 1.54) is 0 Å². The van der Waals surface area contributed by atoms with E-state index in [9.17, 15) is 14.9 Å². The Morgan fingerprint density at radius 2 is 1.75 bits per heavy atom. The molecular weight excluding hydrogens is 304 g/mol. The number of nitro groups is 1. The summed E-state index contributed by atoms with van der Waals surface area (Å²) in [6.45, 7) is 0. The number of aromatic nitrogens is 1. The minimum absolute atomic E-state index is 0.120. The van der Waals surface area contributed by atoms with E-state index in [1.54, 1.807) is 18.2 Å². The molecule has 0 aliphatic heterocycles. The number of fused-ring (bicyclic) bond motifs is 2. The summed E-state index contributed by atoms with van der Waals surface area (Å²) in [5.41, 5.74) is 2.83. The second-order valence-corrected chi connectivity index (χ2v) is 5.80. The molecule has 1 aliphatic carbocycles. The van der Waals surface area contributed by atoms with Gasteiger partial charge in [0.05, 0.1) is 17.6 Å². The third-order valence-electron chi connectivity index (χ3n) is 4.39. The van der Waals surface area contributed by atoms with Crippen LogP contribution in [0.2, 0.25) is 0 Å². The Hall–Kier alpha value is -3.21. The highest BCUT2D eigenvalue weighted by atomic mass is 16.6. The number of nitrogens with zero attached hydrogens (tertiary/aromatic N) is 2. The van der Waals surface area contributed by atoms with Crippen molar-refractivity contribution in [2.45, 2.75) is 12.5 Å². The second kappa shape index (κ2) is 5.45. The van der Waals surface area contributed by atoms with Crippen LogP contribution in [0, 0.1) is 10.1 Å². The molecule has 0 amide bonds. The lowest BCUT2D eigenvalue weighted by Gasteiger charge is -2.21. The normalized spacial score (nSPS) is 16.1. The maximum Gasteiger partial charge on any atom is 0.235 e. The summed E-state index contributed by atoms with van der Waals surface area (Å²) in [4.78, 5) is 23.6. The number of pyridine rings is 1. The van der Waals surface area contributed by atoms with Crippen molar-refractivity contribution in [1.29, 1.82) is 0 Å². The van der Waals surface area contributed by atoms with Crippen LogP contribution in [-0.4, -0.2) is 15.5 Å². The van der Waals surface area contributed by atoms with E-state index in [2.05, 4.69) is 0 Å². The summed E-state index contributed by atoms with van der Waals surface area (Å²) < 4.78 is 2.00. The zero-order valence-corrected chi connectivity index (χ0v) is 12.8. The Labute approximate surface area is 137 Å². The lowest BCUT2D eigenvalue weighted by atomic mass is 9.95. The van der Waals surface area contributed by atoms with Crippen LogP contribution in [0.15, 0.2) is 65.5 Å². The fourth-order valence-corrected chi connectivity index (χ4v) is 3.26. The van der Waals surface area contributed by atoms with Gasteiger partial charge in [0, 0.05) is 21.6 Å². The molecule has 1 atom stereocenters. The highest BCUT2D eigenvalue weighted by molar-refractivity contribution is 5.84. The summed E-state index contributed by atoms with van der Waals surface area (Å²) in [6.07, 6.45) is 3.39. The average Bonchev–Trinajstić information content (AvgIpc) is 2.62. The zero-order valence-electron chi connectivity index (χ0n) is 12.8. The molecule has 0 radical (unpaired) electrons. The maximum absolute atomic E-state index is 12.9. The molecule has 5 nitrogen and oxygen atoms in total. The van der Waals surface area contributed by atoms with Gasteiger partial charge in [-0.15, -0.1) is 0 Å². The molecule has 24 heavy (non-hydrogen) atoms. The Balaban J connectivity index is 2.11. The van der Waals surface area contributed by atoms with Gasteiger partial charge in [-0.05, 0) is 36.4 Å². The lowest BCUT2D eigenvalue weighted by Crippen LogP contribution is -2.29. The Morgan fingerprint density at radius 1 is 1.04 bits per heavy atom. The molecule has 1 unspecified atom stereocenters. The van der Waals surface area contributed by atoms with Crippen LogP contribution in [0.4, 0.5) is 0 Å². The molecule has 0 saturated heterocycles. The lowest BCUT2D eigenvalue weighted by molar-refractivity contribution is -0.508. The molecule has 5 heteroatoms. The van der Waals surface area contributed by atoms with Gasteiger partial charge in [0.15, 0.2) is 5.43 Å². The number of rotatable bonds is 2. The van der Waals surface area contributed by atoms with Crippen LogP contribution in [0.3, 0.4) is 0 Å². The number of hydrogen-bond donors (Lipinski definition) is 0. The fraction of sp³-hybridized carbons (Fsp3) is 0.105. The van der Waals surface area contributed by atoms with Gasteiger partial charge in [0.2, 0.25) is 6.04 Å². The third-order valence-corrected chi connectivity index (χ3v) is 4.39. The minimum Gasteiger partial charge on any atom is -0.309 e. The van der Waals surface area contributed by atoms with Gasteiger partial charge in [0.1, 0.15) is 0 Å². The van der Waals surface area contributed by atoms with Crippen LogP contribution >= 0.6 is 0 Å². The zero-order chi connectivity index (χ0) is 16.7. The van der Waals surface area contributed by atoms with Gasteiger partial charge in [-0.3, -0.25) is 14.9 Å². The Bertz CT molecular complexity index is 1040. The Morgan fingerprint density at radius 3 is 2.50 bits per heavy atom. The molecule has 4 rings (SSSR count). The van der Waals surface area contributed by atoms with Crippen molar-refractivity contribution in [2.75, 3.05) is 0 Å². The topological polar surface area (TPSA) is 65.1 Å². The van der Waals surface area contributed by atoms with Crippen LogP contribution in [0.25, 0.3) is 22.7 Å². The highest BCUT2D eigenvalue weighted by Gasteiger charge is 2.27.